The lowest BCUT2D eigenvalue weighted by atomic mass is 9.96. The molecule has 0 aromatic carbocycles. The summed E-state index contributed by atoms with van der Waals surface area (Å²) in [7, 11) is 0. The average Bonchev–Trinajstić information content (AvgIpc) is 3.14. The highest BCUT2D eigenvalue weighted by molar-refractivity contribution is 7.09. The van der Waals surface area contributed by atoms with Crippen molar-refractivity contribution < 1.29 is 9.90 Å². The fraction of sp³-hybridized carbons (Fsp3) is 0.714. The van der Waals surface area contributed by atoms with Crippen molar-refractivity contribution in [2.45, 2.75) is 51.5 Å². The van der Waals surface area contributed by atoms with E-state index >= 15 is 0 Å². The van der Waals surface area contributed by atoms with Gasteiger partial charge in [-0.15, -0.1) is 11.3 Å². The van der Waals surface area contributed by atoms with Crippen molar-refractivity contribution in [1.29, 1.82) is 0 Å². The van der Waals surface area contributed by atoms with E-state index in [-0.39, 0.29) is 12.5 Å². The Bertz CT molecular complexity index is 442. The molecule has 1 saturated carbocycles. The van der Waals surface area contributed by atoms with E-state index in [2.05, 4.69) is 15.7 Å². The van der Waals surface area contributed by atoms with Gasteiger partial charge in [0.15, 0.2) is 0 Å². The standard InChI is InChI=1S/C14H22N2O2S/c1-10-15-12(8-19-10)4-3-5-13(18)16-14(2,9-17)11-6-7-11/h8,11,17H,3-7,9H2,1-2H3,(H,16,18). The van der Waals surface area contributed by atoms with Crippen molar-refractivity contribution in [1.82, 2.24) is 10.3 Å². The summed E-state index contributed by atoms with van der Waals surface area (Å²) in [5.41, 5.74) is 0.649. The van der Waals surface area contributed by atoms with Crippen LogP contribution in [-0.4, -0.2) is 28.1 Å². The third-order valence-corrected chi connectivity index (χ3v) is 4.56. The van der Waals surface area contributed by atoms with Gasteiger partial charge in [0, 0.05) is 11.8 Å². The molecule has 19 heavy (non-hydrogen) atoms. The van der Waals surface area contributed by atoms with E-state index in [1.165, 1.54) is 0 Å². The molecule has 0 bridgehead atoms. The number of nitrogens with zero attached hydrogens (tertiary/aromatic N) is 1. The van der Waals surface area contributed by atoms with Gasteiger partial charge in [-0.3, -0.25) is 4.79 Å². The van der Waals surface area contributed by atoms with Crippen LogP contribution in [0.5, 0.6) is 0 Å². The highest BCUT2D eigenvalue weighted by Crippen LogP contribution is 2.39. The smallest absolute Gasteiger partial charge is 0.220 e. The van der Waals surface area contributed by atoms with Gasteiger partial charge in [-0.2, -0.15) is 0 Å². The van der Waals surface area contributed by atoms with Crippen molar-refractivity contribution >= 4 is 17.2 Å². The summed E-state index contributed by atoms with van der Waals surface area (Å²) in [5.74, 6) is 0.484. The van der Waals surface area contributed by atoms with Gasteiger partial charge in [-0.25, -0.2) is 4.98 Å². The van der Waals surface area contributed by atoms with Gasteiger partial charge in [-0.1, -0.05) is 0 Å². The Morgan fingerprint density at radius 3 is 2.89 bits per heavy atom. The highest BCUT2D eigenvalue weighted by atomic mass is 32.1. The molecular weight excluding hydrogens is 260 g/mol. The molecule has 4 nitrogen and oxygen atoms in total. The third-order valence-electron chi connectivity index (χ3n) is 3.74. The maximum atomic E-state index is 11.9. The number of carbonyl (C=O) groups is 1. The number of aromatic nitrogens is 1. The van der Waals surface area contributed by atoms with Gasteiger partial charge in [0.05, 0.1) is 22.8 Å². The fourth-order valence-corrected chi connectivity index (χ4v) is 2.97. The van der Waals surface area contributed by atoms with Crippen LogP contribution < -0.4 is 5.32 Å². The first-order valence-electron chi connectivity index (χ1n) is 6.86. The van der Waals surface area contributed by atoms with Crippen LogP contribution >= 0.6 is 11.3 Å². The number of aliphatic hydroxyl groups excluding tert-OH is 1. The lowest BCUT2D eigenvalue weighted by Gasteiger charge is -2.28. The quantitative estimate of drug-likeness (QED) is 0.804. The summed E-state index contributed by atoms with van der Waals surface area (Å²) < 4.78 is 0. The molecule has 0 radical (unpaired) electrons. The number of thiazole rings is 1. The van der Waals surface area contributed by atoms with Crippen LogP contribution in [0.3, 0.4) is 0 Å². The van der Waals surface area contributed by atoms with Crippen molar-refractivity contribution in [3.63, 3.8) is 0 Å². The van der Waals surface area contributed by atoms with E-state index < -0.39 is 5.54 Å². The van der Waals surface area contributed by atoms with E-state index in [4.69, 9.17) is 0 Å². The Labute approximate surface area is 118 Å². The first-order chi connectivity index (χ1) is 9.03. The van der Waals surface area contributed by atoms with Gasteiger partial charge in [0.1, 0.15) is 0 Å². The summed E-state index contributed by atoms with van der Waals surface area (Å²) in [5, 5.41) is 15.5. The minimum absolute atomic E-state index is 0.0225. The summed E-state index contributed by atoms with van der Waals surface area (Å²) in [6.45, 7) is 3.95. The van der Waals surface area contributed by atoms with Crippen LogP contribution in [0, 0.1) is 12.8 Å². The minimum Gasteiger partial charge on any atom is -0.394 e. The third kappa shape index (κ3) is 4.01. The number of hydrogen-bond acceptors (Lipinski definition) is 4. The predicted molar refractivity (Wildman–Crippen MR) is 76.1 cm³/mol. The Hall–Kier alpha value is -0.940. The Morgan fingerprint density at radius 2 is 2.37 bits per heavy atom. The molecule has 1 amide bonds. The molecule has 1 unspecified atom stereocenters. The van der Waals surface area contributed by atoms with E-state index in [0.717, 1.165) is 36.4 Å². The number of aryl methyl sites for hydroxylation is 2. The lowest BCUT2D eigenvalue weighted by molar-refractivity contribution is -0.123. The molecule has 0 spiro atoms. The lowest BCUT2D eigenvalue weighted by Crippen LogP contribution is -2.50. The Balaban J connectivity index is 1.72. The summed E-state index contributed by atoms with van der Waals surface area (Å²) >= 11 is 1.64. The van der Waals surface area contributed by atoms with Gasteiger partial charge in [-0.05, 0) is 45.4 Å². The van der Waals surface area contributed by atoms with Crippen molar-refractivity contribution in [2.24, 2.45) is 5.92 Å². The molecule has 1 heterocycles. The summed E-state index contributed by atoms with van der Waals surface area (Å²) in [6.07, 6.45) is 4.36. The van der Waals surface area contributed by atoms with Crippen LogP contribution in [0.1, 0.15) is 43.3 Å². The van der Waals surface area contributed by atoms with Gasteiger partial charge < -0.3 is 10.4 Å². The SMILES string of the molecule is Cc1nc(CCCC(=O)NC(C)(CO)C2CC2)cs1. The molecule has 2 N–H and O–H groups in total. The number of rotatable bonds is 7. The van der Waals surface area contributed by atoms with E-state index in [0.29, 0.717) is 12.3 Å². The molecule has 0 aliphatic heterocycles. The molecule has 0 saturated heterocycles. The van der Waals surface area contributed by atoms with Gasteiger partial charge in [0.2, 0.25) is 5.91 Å². The van der Waals surface area contributed by atoms with E-state index in [1.807, 2.05) is 13.8 Å². The molecule has 1 aliphatic carbocycles. The van der Waals surface area contributed by atoms with Crippen LogP contribution in [0.15, 0.2) is 5.38 Å². The van der Waals surface area contributed by atoms with Gasteiger partial charge in [0.25, 0.3) is 0 Å². The van der Waals surface area contributed by atoms with Crippen LogP contribution in [0.25, 0.3) is 0 Å². The minimum atomic E-state index is -0.422. The molecule has 1 aromatic rings. The first kappa shape index (κ1) is 14.5. The molecule has 5 heteroatoms. The Kier molecular flexibility index (Phi) is 4.58. The Morgan fingerprint density at radius 1 is 1.63 bits per heavy atom. The second kappa shape index (κ2) is 6.01. The molecule has 106 valence electrons. The molecule has 2 rings (SSSR count). The predicted octanol–water partition coefficient (Wildman–Crippen LogP) is 2.05. The number of aliphatic hydroxyl groups is 1. The second-order valence-electron chi connectivity index (χ2n) is 5.61. The number of nitrogens with one attached hydrogen (secondary N) is 1. The zero-order chi connectivity index (χ0) is 13.9. The monoisotopic (exact) mass is 282 g/mol. The van der Waals surface area contributed by atoms with Crippen LogP contribution in [0.2, 0.25) is 0 Å². The topological polar surface area (TPSA) is 62.2 Å². The molecule has 1 fully saturated rings. The molecule has 1 aromatic heterocycles. The van der Waals surface area contributed by atoms with Gasteiger partial charge >= 0.3 is 0 Å². The van der Waals surface area contributed by atoms with Crippen molar-refractivity contribution in [3.05, 3.63) is 16.1 Å². The molecule has 1 aliphatic rings. The number of carbonyl (C=O) groups excluding carboxylic acids is 1. The summed E-state index contributed by atoms with van der Waals surface area (Å²) in [4.78, 5) is 16.3. The summed E-state index contributed by atoms with van der Waals surface area (Å²) in [6, 6.07) is 0. The second-order valence-corrected chi connectivity index (χ2v) is 6.67. The van der Waals surface area contributed by atoms with Crippen molar-refractivity contribution in [2.75, 3.05) is 6.61 Å². The van der Waals surface area contributed by atoms with E-state index in [9.17, 15) is 9.90 Å². The van der Waals surface area contributed by atoms with Crippen LogP contribution in [0.4, 0.5) is 0 Å². The fourth-order valence-electron chi connectivity index (χ4n) is 2.33. The average molecular weight is 282 g/mol. The van der Waals surface area contributed by atoms with E-state index in [1.54, 1.807) is 11.3 Å². The molecule has 1 atom stereocenters. The van der Waals surface area contributed by atoms with Crippen molar-refractivity contribution in [3.8, 4) is 0 Å². The zero-order valence-electron chi connectivity index (χ0n) is 11.6. The maximum Gasteiger partial charge on any atom is 0.220 e. The first-order valence-corrected chi connectivity index (χ1v) is 7.74. The maximum absolute atomic E-state index is 11.9. The molecular formula is C14H22N2O2S. The number of amides is 1. The number of hydrogen-bond donors (Lipinski definition) is 2. The highest BCUT2D eigenvalue weighted by Gasteiger charge is 2.41. The zero-order valence-corrected chi connectivity index (χ0v) is 12.4. The largest absolute Gasteiger partial charge is 0.394 e. The normalized spacial score (nSPS) is 18.1. The van der Waals surface area contributed by atoms with Crippen LogP contribution in [-0.2, 0) is 11.2 Å².